The first kappa shape index (κ1) is 13.8. The molecule has 1 aromatic heterocycles. The number of likely N-dealkylation sites (N-methyl/N-ethyl adjacent to an activating group) is 1. The van der Waals surface area contributed by atoms with Gasteiger partial charge < -0.3 is 10.0 Å². The van der Waals surface area contributed by atoms with E-state index in [1.807, 2.05) is 13.8 Å². The third kappa shape index (κ3) is 2.72. The van der Waals surface area contributed by atoms with Crippen molar-refractivity contribution < 1.29 is 5.11 Å². The van der Waals surface area contributed by atoms with Crippen molar-refractivity contribution in [2.75, 3.05) is 18.6 Å². The SMILES string of the molecule is CN(c1nc(Cl)c(Cl)cc1Cl)C(C)(C)CO. The molecule has 0 aromatic carbocycles. The van der Waals surface area contributed by atoms with Gasteiger partial charge in [-0.3, -0.25) is 0 Å². The van der Waals surface area contributed by atoms with Crippen LogP contribution in [-0.2, 0) is 0 Å². The van der Waals surface area contributed by atoms with Gasteiger partial charge in [0.05, 0.1) is 22.2 Å². The zero-order valence-electron chi connectivity index (χ0n) is 9.26. The normalized spacial score (nSPS) is 11.7. The molecule has 0 radical (unpaired) electrons. The lowest BCUT2D eigenvalue weighted by Gasteiger charge is -2.35. The maximum Gasteiger partial charge on any atom is 0.150 e. The van der Waals surface area contributed by atoms with E-state index in [2.05, 4.69) is 4.98 Å². The Morgan fingerprint density at radius 2 is 1.88 bits per heavy atom. The molecule has 1 aromatic rings. The number of hydrogen-bond acceptors (Lipinski definition) is 3. The Balaban J connectivity index is 3.19. The highest BCUT2D eigenvalue weighted by Gasteiger charge is 2.26. The van der Waals surface area contributed by atoms with Gasteiger partial charge in [0.25, 0.3) is 0 Å². The van der Waals surface area contributed by atoms with Crippen LogP contribution in [0.25, 0.3) is 0 Å². The average molecular weight is 284 g/mol. The highest BCUT2D eigenvalue weighted by molar-refractivity contribution is 6.42. The van der Waals surface area contributed by atoms with Gasteiger partial charge in [0, 0.05) is 7.05 Å². The van der Waals surface area contributed by atoms with Gasteiger partial charge in [0.15, 0.2) is 0 Å². The summed E-state index contributed by atoms with van der Waals surface area (Å²) >= 11 is 17.7. The summed E-state index contributed by atoms with van der Waals surface area (Å²) in [6.07, 6.45) is 0. The van der Waals surface area contributed by atoms with Gasteiger partial charge in [0.2, 0.25) is 0 Å². The Kier molecular flexibility index (Phi) is 4.29. The Morgan fingerprint density at radius 3 is 2.38 bits per heavy atom. The second kappa shape index (κ2) is 4.96. The van der Waals surface area contributed by atoms with Gasteiger partial charge in [-0.2, -0.15) is 0 Å². The van der Waals surface area contributed by atoms with Crippen molar-refractivity contribution in [1.82, 2.24) is 4.98 Å². The first-order chi connectivity index (χ1) is 7.29. The summed E-state index contributed by atoms with van der Waals surface area (Å²) in [7, 11) is 1.79. The molecular formula is C10H13Cl3N2O. The largest absolute Gasteiger partial charge is 0.394 e. The number of aliphatic hydroxyl groups is 1. The Labute approximate surface area is 110 Å². The zero-order chi connectivity index (χ0) is 12.5. The number of hydrogen-bond donors (Lipinski definition) is 1. The van der Waals surface area contributed by atoms with Crippen LogP contribution >= 0.6 is 34.8 Å². The predicted octanol–water partition coefficient (Wildman–Crippen LogP) is 3.25. The van der Waals surface area contributed by atoms with Gasteiger partial charge in [-0.15, -0.1) is 0 Å². The summed E-state index contributed by atoms with van der Waals surface area (Å²) in [5, 5.41) is 10.2. The van der Waals surface area contributed by atoms with E-state index in [0.717, 1.165) is 0 Å². The molecule has 0 spiro atoms. The number of pyridine rings is 1. The van der Waals surface area contributed by atoms with Crippen molar-refractivity contribution in [3.63, 3.8) is 0 Å². The van der Waals surface area contributed by atoms with E-state index >= 15 is 0 Å². The van der Waals surface area contributed by atoms with Crippen molar-refractivity contribution in [3.8, 4) is 0 Å². The molecule has 0 saturated carbocycles. The fourth-order valence-corrected chi connectivity index (χ4v) is 1.68. The molecule has 0 fully saturated rings. The molecule has 0 aliphatic rings. The molecule has 90 valence electrons. The van der Waals surface area contributed by atoms with Crippen LogP contribution in [0.3, 0.4) is 0 Å². The summed E-state index contributed by atoms with van der Waals surface area (Å²) in [6.45, 7) is 3.71. The molecule has 1 rings (SSSR count). The fourth-order valence-electron chi connectivity index (χ4n) is 1.06. The molecule has 3 nitrogen and oxygen atoms in total. The van der Waals surface area contributed by atoms with E-state index in [9.17, 15) is 5.11 Å². The molecular weight excluding hydrogens is 270 g/mol. The number of nitrogens with zero attached hydrogens (tertiary/aromatic N) is 2. The van der Waals surface area contributed by atoms with Crippen molar-refractivity contribution in [2.24, 2.45) is 0 Å². The second-order valence-electron chi connectivity index (χ2n) is 4.10. The number of aromatic nitrogens is 1. The molecule has 1 N–H and O–H groups in total. The summed E-state index contributed by atoms with van der Waals surface area (Å²) in [5.41, 5.74) is -0.478. The number of aliphatic hydroxyl groups excluding tert-OH is 1. The first-order valence-corrected chi connectivity index (χ1v) is 5.79. The summed E-state index contributed by atoms with van der Waals surface area (Å²) in [5.74, 6) is 0.495. The lowest BCUT2D eigenvalue weighted by molar-refractivity contribution is 0.215. The molecule has 0 amide bonds. The minimum atomic E-state index is -0.478. The van der Waals surface area contributed by atoms with E-state index in [-0.39, 0.29) is 11.8 Å². The summed E-state index contributed by atoms with van der Waals surface area (Å²) < 4.78 is 0. The third-order valence-corrected chi connectivity index (χ3v) is 3.43. The summed E-state index contributed by atoms with van der Waals surface area (Å²) in [6, 6.07) is 1.54. The van der Waals surface area contributed by atoms with Crippen LogP contribution in [0.5, 0.6) is 0 Å². The average Bonchev–Trinajstić information content (AvgIpc) is 2.22. The van der Waals surface area contributed by atoms with Crippen LogP contribution in [0.2, 0.25) is 15.2 Å². The number of rotatable bonds is 3. The predicted molar refractivity (Wildman–Crippen MR) is 68.8 cm³/mol. The maximum atomic E-state index is 9.27. The van der Waals surface area contributed by atoms with Gasteiger partial charge in [0.1, 0.15) is 11.0 Å². The molecule has 0 bridgehead atoms. The quantitative estimate of drug-likeness (QED) is 0.865. The third-order valence-electron chi connectivity index (χ3n) is 2.48. The number of anilines is 1. The Hall–Kier alpha value is -0.220. The Morgan fingerprint density at radius 1 is 1.31 bits per heavy atom. The topological polar surface area (TPSA) is 36.4 Å². The zero-order valence-corrected chi connectivity index (χ0v) is 11.5. The molecule has 0 unspecified atom stereocenters. The van der Waals surface area contributed by atoms with Gasteiger partial charge in [-0.25, -0.2) is 4.98 Å². The van der Waals surface area contributed by atoms with Crippen LogP contribution < -0.4 is 4.90 Å². The van der Waals surface area contributed by atoms with Crippen LogP contribution in [0.4, 0.5) is 5.82 Å². The Bertz CT molecular complexity index is 396. The molecule has 6 heteroatoms. The first-order valence-electron chi connectivity index (χ1n) is 4.66. The van der Waals surface area contributed by atoms with E-state index in [0.29, 0.717) is 15.9 Å². The highest BCUT2D eigenvalue weighted by Crippen LogP contribution is 2.33. The minimum absolute atomic E-state index is 0.0260. The van der Waals surface area contributed by atoms with E-state index < -0.39 is 5.54 Å². The maximum absolute atomic E-state index is 9.27. The van der Waals surface area contributed by atoms with E-state index in [1.165, 1.54) is 6.07 Å². The second-order valence-corrected chi connectivity index (χ2v) is 5.27. The van der Waals surface area contributed by atoms with Crippen LogP contribution in [0.15, 0.2) is 6.07 Å². The summed E-state index contributed by atoms with van der Waals surface area (Å²) in [4.78, 5) is 5.86. The van der Waals surface area contributed by atoms with E-state index in [4.69, 9.17) is 34.8 Å². The molecule has 16 heavy (non-hydrogen) atoms. The van der Waals surface area contributed by atoms with Crippen molar-refractivity contribution in [1.29, 1.82) is 0 Å². The van der Waals surface area contributed by atoms with Crippen LogP contribution in [0, 0.1) is 0 Å². The minimum Gasteiger partial charge on any atom is -0.394 e. The van der Waals surface area contributed by atoms with Crippen molar-refractivity contribution in [3.05, 3.63) is 21.3 Å². The monoisotopic (exact) mass is 282 g/mol. The number of halogens is 3. The molecule has 0 aliphatic heterocycles. The molecule has 0 aliphatic carbocycles. The van der Waals surface area contributed by atoms with Gasteiger partial charge >= 0.3 is 0 Å². The molecule has 1 heterocycles. The van der Waals surface area contributed by atoms with E-state index in [1.54, 1.807) is 11.9 Å². The van der Waals surface area contributed by atoms with Crippen molar-refractivity contribution in [2.45, 2.75) is 19.4 Å². The molecule has 0 saturated heterocycles. The molecule has 0 atom stereocenters. The van der Waals surface area contributed by atoms with Crippen LogP contribution in [0.1, 0.15) is 13.8 Å². The highest BCUT2D eigenvalue weighted by atomic mass is 35.5. The standard InChI is InChI=1S/C10H13Cl3N2O/c1-10(2,5-16)15(3)9-7(12)4-6(11)8(13)14-9/h4,16H,5H2,1-3H3. The lowest BCUT2D eigenvalue weighted by Crippen LogP contribution is -2.45. The smallest absolute Gasteiger partial charge is 0.150 e. The van der Waals surface area contributed by atoms with Crippen molar-refractivity contribution >= 4 is 40.6 Å². The van der Waals surface area contributed by atoms with Crippen LogP contribution in [-0.4, -0.2) is 29.3 Å². The fraction of sp³-hybridized carbons (Fsp3) is 0.500. The van der Waals surface area contributed by atoms with Gasteiger partial charge in [-0.05, 0) is 19.9 Å². The van der Waals surface area contributed by atoms with Gasteiger partial charge in [-0.1, -0.05) is 34.8 Å². The lowest BCUT2D eigenvalue weighted by atomic mass is 10.1.